The summed E-state index contributed by atoms with van der Waals surface area (Å²) in [6.07, 6.45) is 0. The number of aromatic nitrogens is 4. The van der Waals surface area contributed by atoms with Gasteiger partial charge in [-0.2, -0.15) is 4.80 Å². The van der Waals surface area contributed by atoms with Crippen molar-refractivity contribution in [1.82, 2.24) is 20.2 Å². The first-order valence-electron chi connectivity index (χ1n) is 9.12. The number of hydrogen-bond donors (Lipinski definition) is 1. The van der Waals surface area contributed by atoms with Gasteiger partial charge in [-0.05, 0) is 65.9 Å². The summed E-state index contributed by atoms with van der Waals surface area (Å²) < 4.78 is 0. The number of tetrazole rings is 1. The molecule has 30 heavy (non-hydrogen) atoms. The van der Waals surface area contributed by atoms with Crippen molar-refractivity contribution in [2.24, 2.45) is 0 Å². The molecule has 7 nitrogen and oxygen atoms in total. The van der Waals surface area contributed by atoms with E-state index in [-0.39, 0.29) is 18.2 Å². The van der Waals surface area contributed by atoms with Crippen molar-refractivity contribution in [3.8, 4) is 11.4 Å². The standard InChI is InChI=1S/C22H16ClN5O2/c23-18-10-6-16(7-11-18)21-25-27-28(26-21)14-20(29)15-8-12-19(13-9-15)24-22(30)17-4-2-1-3-5-17/h1-13H,14H2,(H,24,30). The molecule has 8 heteroatoms. The summed E-state index contributed by atoms with van der Waals surface area (Å²) in [6, 6.07) is 22.6. The van der Waals surface area contributed by atoms with Crippen molar-refractivity contribution in [2.75, 3.05) is 5.32 Å². The summed E-state index contributed by atoms with van der Waals surface area (Å²) in [5.41, 5.74) is 2.41. The van der Waals surface area contributed by atoms with Crippen LogP contribution in [0.15, 0.2) is 78.9 Å². The highest BCUT2D eigenvalue weighted by Crippen LogP contribution is 2.17. The number of nitrogens with zero attached hydrogens (tertiary/aromatic N) is 4. The fourth-order valence-corrected chi connectivity index (χ4v) is 2.90. The third-order valence-corrected chi connectivity index (χ3v) is 4.59. The number of nitrogens with one attached hydrogen (secondary N) is 1. The van der Waals surface area contributed by atoms with Crippen LogP contribution in [0.1, 0.15) is 20.7 Å². The van der Waals surface area contributed by atoms with Gasteiger partial charge in [-0.1, -0.05) is 29.8 Å². The Hall–Kier alpha value is -3.84. The molecule has 148 valence electrons. The maximum Gasteiger partial charge on any atom is 0.255 e. The van der Waals surface area contributed by atoms with Gasteiger partial charge < -0.3 is 5.32 Å². The molecule has 0 unspecified atom stereocenters. The molecule has 0 aliphatic carbocycles. The van der Waals surface area contributed by atoms with E-state index in [0.29, 0.717) is 27.7 Å². The summed E-state index contributed by atoms with van der Waals surface area (Å²) in [5, 5.41) is 15.6. The molecular formula is C22H16ClN5O2. The number of halogens is 1. The zero-order chi connectivity index (χ0) is 20.9. The molecule has 1 aromatic heterocycles. The van der Waals surface area contributed by atoms with Crippen LogP contribution in [0.3, 0.4) is 0 Å². The lowest BCUT2D eigenvalue weighted by Gasteiger charge is -2.06. The number of carbonyl (C=O) groups is 2. The van der Waals surface area contributed by atoms with Gasteiger partial charge in [0.2, 0.25) is 5.82 Å². The molecule has 3 aromatic carbocycles. The van der Waals surface area contributed by atoms with Crippen LogP contribution < -0.4 is 5.32 Å². The van der Waals surface area contributed by atoms with Crippen LogP contribution in [0.4, 0.5) is 5.69 Å². The topological polar surface area (TPSA) is 89.8 Å². The third kappa shape index (κ3) is 4.59. The predicted molar refractivity (Wildman–Crippen MR) is 113 cm³/mol. The molecule has 1 amide bonds. The number of rotatable bonds is 6. The molecule has 0 radical (unpaired) electrons. The fourth-order valence-electron chi connectivity index (χ4n) is 2.78. The summed E-state index contributed by atoms with van der Waals surface area (Å²) >= 11 is 5.88. The summed E-state index contributed by atoms with van der Waals surface area (Å²) in [6.45, 7) is -0.0453. The Morgan fingerprint density at radius 2 is 1.57 bits per heavy atom. The van der Waals surface area contributed by atoms with E-state index in [9.17, 15) is 9.59 Å². The van der Waals surface area contributed by atoms with Gasteiger partial charge >= 0.3 is 0 Å². The zero-order valence-corrected chi connectivity index (χ0v) is 16.5. The number of carbonyl (C=O) groups excluding carboxylic acids is 2. The number of hydrogen-bond acceptors (Lipinski definition) is 5. The first-order chi connectivity index (χ1) is 14.6. The van der Waals surface area contributed by atoms with Crippen LogP contribution in [0.2, 0.25) is 5.02 Å². The second kappa shape index (κ2) is 8.67. The molecular weight excluding hydrogens is 402 g/mol. The zero-order valence-electron chi connectivity index (χ0n) is 15.7. The average Bonchev–Trinajstić information content (AvgIpc) is 3.23. The van der Waals surface area contributed by atoms with Gasteiger partial charge in [0.15, 0.2) is 5.78 Å². The van der Waals surface area contributed by atoms with Crippen molar-refractivity contribution in [1.29, 1.82) is 0 Å². The summed E-state index contributed by atoms with van der Waals surface area (Å²) in [7, 11) is 0. The van der Waals surface area contributed by atoms with E-state index < -0.39 is 0 Å². The van der Waals surface area contributed by atoms with E-state index in [4.69, 9.17) is 11.6 Å². The Balaban J connectivity index is 1.39. The molecule has 0 spiro atoms. The molecule has 4 aromatic rings. The van der Waals surface area contributed by atoms with Gasteiger partial charge in [0, 0.05) is 27.4 Å². The van der Waals surface area contributed by atoms with Crippen LogP contribution in [-0.4, -0.2) is 31.9 Å². The maximum atomic E-state index is 12.5. The van der Waals surface area contributed by atoms with Gasteiger partial charge in [-0.25, -0.2) is 0 Å². The lowest BCUT2D eigenvalue weighted by atomic mass is 10.1. The normalized spacial score (nSPS) is 10.6. The smallest absolute Gasteiger partial charge is 0.255 e. The first-order valence-corrected chi connectivity index (χ1v) is 9.50. The van der Waals surface area contributed by atoms with Crippen LogP contribution >= 0.6 is 11.6 Å². The Labute approximate surface area is 177 Å². The Morgan fingerprint density at radius 3 is 2.27 bits per heavy atom. The van der Waals surface area contributed by atoms with Gasteiger partial charge in [-0.15, -0.1) is 10.2 Å². The highest BCUT2D eigenvalue weighted by atomic mass is 35.5. The van der Waals surface area contributed by atoms with Crippen LogP contribution in [0.5, 0.6) is 0 Å². The summed E-state index contributed by atoms with van der Waals surface area (Å²) in [5.74, 6) is 0.0330. The van der Waals surface area contributed by atoms with Crippen molar-refractivity contribution in [3.05, 3.63) is 95.0 Å². The highest BCUT2D eigenvalue weighted by Gasteiger charge is 2.12. The summed E-state index contributed by atoms with van der Waals surface area (Å²) in [4.78, 5) is 26.0. The number of ketones is 1. The van der Waals surface area contributed by atoms with E-state index in [0.717, 1.165) is 5.56 Å². The van der Waals surface area contributed by atoms with E-state index in [2.05, 4.69) is 20.7 Å². The van der Waals surface area contributed by atoms with E-state index in [1.54, 1.807) is 72.8 Å². The van der Waals surface area contributed by atoms with E-state index >= 15 is 0 Å². The highest BCUT2D eigenvalue weighted by molar-refractivity contribution is 6.30. The molecule has 0 saturated heterocycles. The number of anilines is 1. The van der Waals surface area contributed by atoms with Gasteiger partial charge in [0.25, 0.3) is 5.91 Å². The maximum absolute atomic E-state index is 12.5. The van der Waals surface area contributed by atoms with Gasteiger partial charge in [0.1, 0.15) is 6.54 Å². The third-order valence-electron chi connectivity index (χ3n) is 4.34. The second-order valence-electron chi connectivity index (χ2n) is 6.47. The largest absolute Gasteiger partial charge is 0.322 e. The number of benzene rings is 3. The number of amides is 1. The molecule has 0 saturated carbocycles. The van der Waals surface area contributed by atoms with E-state index in [1.807, 2.05) is 6.07 Å². The first kappa shape index (κ1) is 19.5. The fraction of sp³-hybridized carbons (Fsp3) is 0.0455. The minimum Gasteiger partial charge on any atom is -0.322 e. The Kier molecular flexibility index (Phi) is 5.63. The van der Waals surface area contributed by atoms with Crippen LogP contribution in [0.25, 0.3) is 11.4 Å². The van der Waals surface area contributed by atoms with Gasteiger partial charge in [-0.3, -0.25) is 9.59 Å². The van der Waals surface area contributed by atoms with Crippen molar-refractivity contribution in [3.63, 3.8) is 0 Å². The van der Waals surface area contributed by atoms with Crippen molar-refractivity contribution >= 4 is 29.0 Å². The number of Topliss-reactive ketones (excluding diaryl/α,β-unsaturated/α-hetero) is 1. The van der Waals surface area contributed by atoms with Crippen molar-refractivity contribution in [2.45, 2.75) is 6.54 Å². The predicted octanol–water partition coefficient (Wildman–Crippen LogP) is 4.13. The lowest BCUT2D eigenvalue weighted by Crippen LogP contribution is -2.14. The SMILES string of the molecule is O=C(Cn1nnc(-c2ccc(Cl)cc2)n1)c1ccc(NC(=O)c2ccccc2)cc1. The Morgan fingerprint density at radius 1 is 0.867 bits per heavy atom. The van der Waals surface area contributed by atoms with Gasteiger partial charge in [0.05, 0.1) is 0 Å². The van der Waals surface area contributed by atoms with Crippen molar-refractivity contribution < 1.29 is 9.59 Å². The monoisotopic (exact) mass is 417 g/mol. The average molecular weight is 418 g/mol. The van der Waals surface area contributed by atoms with E-state index in [1.165, 1.54) is 4.80 Å². The quantitative estimate of drug-likeness (QED) is 0.476. The van der Waals surface area contributed by atoms with Crippen LogP contribution in [-0.2, 0) is 6.54 Å². The second-order valence-corrected chi connectivity index (χ2v) is 6.91. The molecule has 0 fully saturated rings. The lowest BCUT2D eigenvalue weighted by molar-refractivity contribution is 0.0960. The molecule has 0 aliphatic rings. The Bertz CT molecular complexity index is 1170. The molecule has 0 atom stereocenters. The molecule has 0 aliphatic heterocycles. The minimum absolute atomic E-state index is 0.0453. The van der Waals surface area contributed by atoms with Crippen LogP contribution in [0, 0.1) is 0 Å². The molecule has 1 N–H and O–H groups in total. The molecule has 1 heterocycles. The molecule has 0 bridgehead atoms. The minimum atomic E-state index is -0.212. The molecule has 4 rings (SSSR count).